The average Bonchev–Trinajstić information content (AvgIpc) is 3.60. The molecule has 0 radical (unpaired) electrons. The van der Waals surface area contributed by atoms with E-state index in [9.17, 15) is 0 Å². The first-order valence-corrected chi connectivity index (χ1v) is 18.8. The van der Waals surface area contributed by atoms with Crippen molar-refractivity contribution in [2.24, 2.45) is 0 Å². The molecule has 3 heteroatoms. The first kappa shape index (κ1) is 32.3. The normalized spacial score (nSPS) is 11.3. The van der Waals surface area contributed by atoms with E-state index in [1.54, 1.807) is 0 Å². The van der Waals surface area contributed by atoms with Crippen molar-refractivity contribution in [2.45, 2.75) is 0 Å². The van der Waals surface area contributed by atoms with Crippen LogP contribution in [0.5, 0.6) is 0 Å². The second kappa shape index (κ2) is 13.9. The van der Waals surface area contributed by atoms with Gasteiger partial charge in [0.15, 0.2) is 0 Å². The van der Waals surface area contributed by atoms with Gasteiger partial charge in [0.05, 0.1) is 22.4 Å². The highest BCUT2D eigenvalue weighted by molar-refractivity contribution is 6.18. The third-order valence-electron chi connectivity index (χ3n) is 10.5. The van der Waals surface area contributed by atoms with Crippen molar-refractivity contribution < 1.29 is 0 Å². The van der Waals surface area contributed by atoms with Crippen LogP contribution in [0.15, 0.2) is 224 Å². The number of hydrogen-bond donors (Lipinski definition) is 0. The smallest absolute Gasteiger partial charge is 0.0583 e. The zero-order valence-electron chi connectivity index (χ0n) is 30.2. The van der Waals surface area contributed by atoms with Crippen LogP contribution in [0.25, 0.3) is 49.4 Å². The van der Waals surface area contributed by atoms with Gasteiger partial charge >= 0.3 is 0 Å². The number of nitrogens with zero attached hydrogens (tertiary/aromatic N) is 3. The van der Waals surface area contributed by atoms with Gasteiger partial charge in [0.1, 0.15) is 0 Å². The maximum absolute atomic E-state index is 2.41. The molecule has 10 rings (SSSR count). The Hall–Kier alpha value is -7.36. The molecule has 0 saturated carbocycles. The summed E-state index contributed by atoms with van der Waals surface area (Å²) in [6, 6.07) is 80.6. The van der Waals surface area contributed by atoms with Crippen LogP contribution in [0.3, 0.4) is 0 Å². The lowest BCUT2D eigenvalue weighted by atomic mass is 10.0. The van der Waals surface area contributed by atoms with Gasteiger partial charge in [0.25, 0.3) is 0 Å². The van der Waals surface area contributed by atoms with Crippen LogP contribution in [0, 0.1) is 0 Å². The van der Waals surface area contributed by atoms with Crippen LogP contribution in [-0.4, -0.2) is 4.57 Å². The molecule has 1 aromatic heterocycles. The van der Waals surface area contributed by atoms with E-state index in [-0.39, 0.29) is 0 Å². The minimum absolute atomic E-state index is 1.06. The van der Waals surface area contributed by atoms with Crippen molar-refractivity contribution in [3.05, 3.63) is 224 Å². The number of para-hydroxylation sites is 5. The summed E-state index contributed by atoms with van der Waals surface area (Å²) < 4.78 is 2.41. The SMILES string of the molecule is c1ccc(N(c2ccc(-c3ccc4ccccc4c3)cc2)c2cc(N(c3ccccc3)c3ccccc3)c3c4ccccc4n(-c4ccccc4)c3c2)cc1. The number of fused-ring (bicyclic) bond motifs is 4. The molecule has 10 aromatic rings. The average molecular weight is 704 g/mol. The molecule has 0 N–H and O–H groups in total. The van der Waals surface area contributed by atoms with Crippen LogP contribution in [-0.2, 0) is 0 Å². The fourth-order valence-corrected chi connectivity index (χ4v) is 8.00. The lowest BCUT2D eigenvalue weighted by Crippen LogP contribution is -2.14. The second-order valence-electron chi connectivity index (χ2n) is 13.8. The van der Waals surface area contributed by atoms with Crippen LogP contribution >= 0.6 is 0 Å². The number of aromatic nitrogens is 1. The molecule has 0 unspecified atom stereocenters. The molecule has 0 bridgehead atoms. The second-order valence-corrected chi connectivity index (χ2v) is 13.8. The number of hydrogen-bond acceptors (Lipinski definition) is 2. The fraction of sp³-hybridized carbons (Fsp3) is 0. The molecular weight excluding hydrogens is 667 g/mol. The summed E-state index contributed by atoms with van der Waals surface area (Å²) in [5, 5.41) is 4.88. The van der Waals surface area contributed by atoms with Crippen molar-refractivity contribution in [3.63, 3.8) is 0 Å². The van der Waals surface area contributed by atoms with E-state index < -0.39 is 0 Å². The summed E-state index contributed by atoms with van der Waals surface area (Å²) in [5.74, 6) is 0. The standard InChI is InChI=1S/C52H37N3/c1-5-19-42(20-6-1)53(46-33-31-39(32-34-46)41-30-29-38-17-13-14-18-40(38)35-41)47-36-50(54(43-21-7-2-8-22-43)44-23-9-3-10-24-44)52-48-27-15-16-28-49(48)55(51(52)37-47)45-25-11-4-12-26-45/h1-37H. The Morgan fingerprint density at radius 2 is 0.818 bits per heavy atom. The van der Waals surface area contributed by atoms with Gasteiger partial charge in [0.2, 0.25) is 0 Å². The van der Waals surface area contributed by atoms with E-state index in [2.05, 4.69) is 239 Å². The fourth-order valence-electron chi connectivity index (χ4n) is 8.00. The topological polar surface area (TPSA) is 11.4 Å². The monoisotopic (exact) mass is 703 g/mol. The maximum atomic E-state index is 2.41. The molecule has 0 atom stereocenters. The largest absolute Gasteiger partial charge is 0.310 e. The van der Waals surface area contributed by atoms with Gasteiger partial charge in [-0.15, -0.1) is 0 Å². The molecule has 3 nitrogen and oxygen atoms in total. The van der Waals surface area contributed by atoms with Crippen molar-refractivity contribution in [3.8, 4) is 16.8 Å². The molecule has 9 aromatic carbocycles. The quantitative estimate of drug-likeness (QED) is 0.156. The minimum Gasteiger partial charge on any atom is -0.310 e. The summed E-state index contributed by atoms with van der Waals surface area (Å²) in [6.07, 6.45) is 0. The molecule has 260 valence electrons. The van der Waals surface area contributed by atoms with Crippen LogP contribution in [0.1, 0.15) is 0 Å². The predicted molar refractivity (Wildman–Crippen MR) is 233 cm³/mol. The molecular formula is C52H37N3. The molecule has 0 saturated heterocycles. The summed E-state index contributed by atoms with van der Waals surface area (Å²) in [7, 11) is 0. The van der Waals surface area contributed by atoms with Crippen LogP contribution < -0.4 is 9.80 Å². The lowest BCUT2D eigenvalue weighted by Gasteiger charge is -2.30. The van der Waals surface area contributed by atoms with E-state index in [1.165, 1.54) is 32.7 Å². The Balaban J connectivity index is 1.25. The predicted octanol–water partition coefficient (Wildman–Crippen LogP) is 14.5. The van der Waals surface area contributed by atoms with Gasteiger partial charge in [-0.2, -0.15) is 0 Å². The Morgan fingerprint density at radius 1 is 0.309 bits per heavy atom. The molecule has 0 aliphatic rings. The maximum Gasteiger partial charge on any atom is 0.0583 e. The Bertz CT molecular complexity index is 2860. The first-order chi connectivity index (χ1) is 27.3. The molecule has 55 heavy (non-hydrogen) atoms. The van der Waals surface area contributed by atoms with E-state index in [1.807, 2.05) is 0 Å². The third-order valence-corrected chi connectivity index (χ3v) is 10.5. The number of benzene rings is 9. The first-order valence-electron chi connectivity index (χ1n) is 18.8. The van der Waals surface area contributed by atoms with Gasteiger partial charge in [-0.25, -0.2) is 0 Å². The highest BCUT2D eigenvalue weighted by atomic mass is 15.2. The summed E-state index contributed by atoms with van der Waals surface area (Å²) in [4.78, 5) is 4.79. The molecule has 0 amide bonds. The molecule has 0 spiro atoms. The van der Waals surface area contributed by atoms with E-state index in [0.29, 0.717) is 0 Å². The third kappa shape index (κ3) is 5.89. The van der Waals surface area contributed by atoms with Crippen molar-refractivity contribution >= 4 is 66.7 Å². The van der Waals surface area contributed by atoms with Crippen molar-refractivity contribution in [2.75, 3.05) is 9.80 Å². The molecule has 0 aliphatic carbocycles. The van der Waals surface area contributed by atoms with Gasteiger partial charge in [-0.3, -0.25) is 0 Å². The minimum atomic E-state index is 1.06. The Kier molecular flexibility index (Phi) is 8.16. The summed E-state index contributed by atoms with van der Waals surface area (Å²) in [6.45, 7) is 0. The molecule has 0 fully saturated rings. The van der Waals surface area contributed by atoms with Gasteiger partial charge < -0.3 is 14.4 Å². The van der Waals surface area contributed by atoms with Crippen molar-refractivity contribution in [1.82, 2.24) is 4.57 Å². The highest BCUT2D eigenvalue weighted by Crippen LogP contribution is 2.48. The Labute approximate surface area is 321 Å². The zero-order valence-corrected chi connectivity index (χ0v) is 30.2. The summed E-state index contributed by atoms with van der Waals surface area (Å²) in [5.41, 5.74) is 12.3. The van der Waals surface area contributed by atoms with E-state index in [4.69, 9.17) is 0 Å². The lowest BCUT2D eigenvalue weighted by molar-refractivity contribution is 1.17. The highest BCUT2D eigenvalue weighted by Gasteiger charge is 2.24. The van der Waals surface area contributed by atoms with E-state index in [0.717, 1.165) is 50.8 Å². The summed E-state index contributed by atoms with van der Waals surface area (Å²) >= 11 is 0. The van der Waals surface area contributed by atoms with E-state index >= 15 is 0 Å². The number of rotatable bonds is 8. The Morgan fingerprint density at radius 3 is 1.47 bits per heavy atom. The van der Waals surface area contributed by atoms with Gasteiger partial charge in [0, 0.05) is 39.2 Å². The van der Waals surface area contributed by atoms with Crippen LogP contribution in [0.4, 0.5) is 34.1 Å². The van der Waals surface area contributed by atoms with Crippen LogP contribution in [0.2, 0.25) is 0 Å². The number of anilines is 6. The molecule has 0 aliphatic heterocycles. The van der Waals surface area contributed by atoms with Gasteiger partial charge in [-0.1, -0.05) is 140 Å². The van der Waals surface area contributed by atoms with Crippen molar-refractivity contribution in [1.29, 1.82) is 0 Å². The zero-order chi connectivity index (χ0) is 36.6. The van der Waals surface area contributed by atoms with Gasteiger partial charge in [-0.05, 0) is 107 Å². The molecule has 1 heterocycles.